The average molecular weight is 360 g/mol. The van der Waals surface area contributed by atoms with Gasteiger partial charge in [0.1, 0.15) is 0 Å². The monoisotopic (exact) mass is 360 g/mol. The summed E-state index contributed by atoms with van der Waals surface area (Å²) in [6.07, 6.45) is 7.57. The minimum Gasteiger partial charge on any atom is -0.393 e. The Morgan fingerprint density at radius 3 is 2.96 bits per heavy atom. The number of carbonyl (C=O) groups excluding carboxylic acids is 1. The molecule has 0 bridgehead atoms. The van der Waals surface area contributed by atoms with Gasteiger partial charge in [-0.25, -0.2) is 0 Å². The number of amides is 1. The van der Waals surface area contributed by atoms with E-state index in [1.807, 2.05) is 17.0 Å². The van der Waals surface area contributed by atoms with Crippen molar-refractivity contribution in [1.29, 1.82) is 0 Å². The van der Waals surface area contributed by atoms with Gasteiger partial charge in [-0.3, -0.25) is 9.78 Å². The molecule has 1 amide bonds. The molecule has 3 aliphatic rings. The number of hydrogen-bond donors (Lipinski definition) is 1. The maximum absolute atomic E-state index is 12.8. The van der Waals surface area contributed by atoms with Gasteiger partial charge in [-0.15, -0.1) is 0 Å². The number of aliphatic hydroxyl groups excluding tert-OH is 1. The lowest BCUT2D eigenvalue weighted by Crippen LogP contribution is -2.59. The fourth-order valence-corrected chi connectivity index (χ4v) is 4.59. The quantitative estimate of drug-likeness (QED) is 0.866. The molecule has 6 heteroatoms. The summed E-state index contributed by atoms with van der Waals surface area (Å²) in [4.78, 5) is 18.8. The third-order valence-corrected chi connectivity index (χ3v) is 6.17. The SMILES string of the molecule is O=C(C1CC(O)C1)N1CCC2OCCCC2(COCc2ccncc2)C1. The second kappa shape index (κ2) is 7.62. The highest BCUT2D eigenvalue weighted by molar-refractivity contribution is 5.80. The predicted molar refractivity (Wildman–Crippen MR) is 95.2 cm³/mol. The number of aromatic nitrogens is 1. The van der Waals surface area contributed by atoms with Gasteiger partial charge in [0.2, 0.25) is 5.91 Å². The number of hydrogen-bond acceptors (Lipinski definition) is 5. The summed E-state index contributed by atoms with van der Waals surface area (Å²) >= 11 is 0. The molecule has 2 atom stereocenters. The molecule has 1 aromatic rings. The Kier molecular flexibility index (Phi) is 5.25. The van der Waals surface area contributed by atoms with E-state index < -0.39 is 0 Å². The highest BCUT2D eigenvalue weighted by atomic mass is 16.5. The van der Waals surface area contributed by atoms with Crippen molar-refractivity contribution in [3.8, 4) is 0 Å². The molecule has 2 saturated heterocycles. The maximum atomic E-state index is 12.8. The van der Waals surface area contributed by atoms with E-state index in [9.17, 15) is 9.90 Å². The van der Waals surface area contributed by atoms with E-state index in [-0.39, 0.29) is 29.4 Å². The smallest absolute Gasteiger partial charge is 0.225 e. The van der Waals surface area contributed by atoms with E-state index in [0.29, 0.717) is 32.6 Å². The minimum atomic E-state index is -0.294. The number of ether oxygens (including phenoxy) is 2. The molecule has 0 spiro atoms. The summed E-state index contributed by atoms with van der Waals surface area (Å²) in [6, 6.07) is 3.93. The first-order valence-corrected chi connectivity index (χ1v) is 9.71. The van der Waals surface area contributed by atoms with E-state index in [0.717, 1.165) is 38.0 Å². The Balaban J connectivity index is 1.40. The Hall–Kier alpha value is -1.50. The number of pyridine rings is 1. The van der Waals surface area contributed by atoms with Crippen LogP contribution in [0.1, 0.15) is 37.7 Å². The van der Waals surface area contributed by atoms with E-state index in [1.165, 1.54) is 0 Å². The highest BCUT2D eigenvalue weighted by Crippen LogP contribution is 2.42. The zero-order chi connectivity index (χ0) is 18.0. The number of aliphatic hydroxyl groups is 1. The third kappa shape index (κ3) is 3.63. The van der Waals surface area contributed by atoms with Crippen LogP contribution in [-0.4, -0.2) is 59.4 Å². The number of piperidine rings is 1. The maximum Gasteiger partial charge on any atom is 0.225 e. The van der Waals surface area contributed by atoms with Crippen LogP contribution in [0.4, 0.5) is 0 Å². The summed E-state index contributed by atoms with van der Waals surface area (Å²) in [7, 11) is 0. The van der Waals surface area contributed by atoms with Crippen molar-refractivity contribution >= 4 is 5.91 Å². The molecular formula is C20H28N2O4. The van der Waals surface area contributed by atoms with Crippen molar-refractivity contribution in [1.82, 2.24) is 9.88 Å². The van der Waals surface area contributed by atoms with E-state index >= 15 is 0 Å². The minimum absolute atomic E-state index is 0.000783. The molecule has 0 radical (unpaired) electrons. The summed E-state index contributed by atoms with van der Waals surface area (Å²) in [5.41, 5.74) is 0.999. The number of rotatable bonds is 5. The summed E-state index contributed by atoms with van der Waals surface area (Å²) in [6.45, 7) is 3.43. The molecule has 3 heterocycles. The molecule has 1 aliphatic carbocycles. The normalized spacial score (nSPS) is 34.0. The molecule has 1 N–H and O–H groups in total. The van der Waals surface area contributed by atoms with Gasteiger partial charge in [-0.1, -0.05) is 0 Å². The molecule has 142 valence electrons. The van der Waals surface area contributed by atoms with Gasteiger partial charge in [0, 0.05) is 43.4 Å². The molecule has 6 nitrogen and oxygen atoms in total. The standard InChI is InChI=1S/C20H28N2O4/c23-17-10-16(11-17)19(24)22-8-4-18-20(13-22,5-1-9-26-18)14-25-12-15-2-6-21-7-3-15/h2-3,6-7,16-18,23H,1,4-5,8-14H2. The van der Waals surface area contributed by atoms with Gasteiger partial charge in [0.15, 0.2) is 0 Å². The lowest BCUT2D eigenvalue weighted by atomic mass is 9.72. The molecule has 3 fully saturated rings. The van der Waals surface area contributed by atoms with Crippen LogP contribution >= 0.6 is 0 Å². The predicted octanol–water partition coefficient (Wildman–Crippen LogP) is 1.77. The molecule has 1 aromatic heterocycles. The number of carbonyl (C=O) groups is 1. The van der Waals surface area contributed by atoms with Crippen molar-refractivity contribution in [3.05, 3.63) is 30.1 Å². The van der Waals surface area contributed by atoms with Crippen LogP contribution in [0, 0.1) is 11.3 Å². The second-order valence-electron chi connectivity index (χ2n) is 8.04. The van der Waals surface area contributed by atoms with Gasteiger partial charge in [0.25, 0.3) is 0 Å². The molecule has 0 aromatic carbocycles. The van der Waals surface area contributed by atoms with Crippen LogP contribution in [0.3, 0.4) is 0 Å². The van der Waals surface area contributed by atoms with E-state index in [2.05, 4.69) is 4.98 Å². The molecule has 2 unspecified atom stereocenters. The van der Waals surface area contributed by atoms with Crippen molar-refractivity contribution in [2.75, 3.05) is 26.3 Å². The zero-order valence-corrected chi connectivity index (χ0v) is 15.2. The Morgan fingerprint density at radius 1 is 1.38 bits per heavy atom. The Bertz CT molecular complexity index is 619. The lowest BCUT2D eigenvalue weighted by molar-refractivity contribution is -0.171. The van der Waals surface area contributed by atoms with Crippen LogP contribution in [0.25, 0.3) is 0 Å². The van der Waals surface area contributed by atoms with Crippen LogP contribution in [0.2, 0.25) is 0 Å². The topological polar surface area (TPSA) is 71.9 Å². The van der Waals surface area contributed by atoms with Gasteiger partial charge in [-0.2, -0.15) is 0 Å². The Labute approximate surface area is 154 Å². The van der Waals surface area contributed by atoms with Crippen molar-refractivity contribution in [3.63, 3.8) is 0 Å². The number of likely N-dealkylation sites (tertiary alicyclic amines) is 1. The van der Waals surface area contributed by atoms with Crippen molar-refractivity contribution < 1.29 is 19.4 Å². The largest absolute Gasteiger partial charge is 0.393 e. The number of nitrogens with zero attached hydrogens (tertiary/aromatic N) is 2. The van der Waals surface area contributed by atoms with Crippen molar-refractivity contribution in [2.24, 2.45) is 11.3 Å². The molecule has 26 heavy (non-hydrogen) atoms. The van der Waals surface area contributed by atoms with Gasteiger partial charge < -0.3 is 19.5 Å². The first-order valence-electron chi connectivity index (χ1n) is 9.71. The van der Waals surface area contributed by atoms with Crippen LogP contribution < -0.4 is 0 Å². The average Bonchev–Trinajstić information content (AvgIpc) is 2.65. The Morgan fingerprint density at radius 2 is 2.19 bits per heavy atom. The summed E-state index contributed by atoms with van der Waals surface area (Å²) in [5, 5.41) is 9.51. The molecule has 2 aliphatic heterocycles. The van der Waals surface area contributed by atoms with Gasteiger partial charge in [0.05, 0.1) is 25.4 Å². The van der Waals surface area contributed by atoms with Crippen molar-refractivity contribution in [2.45, 2.75) is 50.9 Å². The number of fused-ring (bicyclic) bond motifs is 1. The fourth-order valence-electron chi connectivity index (χ4n) is 4.59. The zero-order valence-electron chi connectivity index (χ0n) is 15.2. The molecule has 4 rings (SSSR count). The van der Waals surface area contributed by atoms with Crippen LogP contribution in [0.5, 0.6) is 0 Å². The molecule has 1 saturated carbocycles. The van der Waals surface area contributed by atoms with E-state index in [1.54, 1.807) is 12.4 Å². The third-order valence-electron chi connectivity index (χ3n) is 6.17. The summed E-state index contributed by atoms with van der Waals surface area (Å²) in [5.74, 6) is 0.202. The lowest BCUT2D eigenvalue weighted by Gasteiger charge is -2.51. The second-order valence-corrected chi connectivity index (χ2v) is 8.04. The first-order chi connectivity index (χ1) is 12.7. The molecular weight excluding hydrogens is 332 g/mol. The fraction of sp³-hybridized carbons (Fsp3) is 0.700. The first kappa shape index (κ1) is 17.9. The summed E-state index contributed by atoms with van der Waals surface area (Å²) < 4.78 is 12.1. The van der Waals surface area contributed by atoms with Gasteiger partial charge in [-0.05, 0) is 49.8 Å². The van der Waals surface area contributed by atoms with Gasteiger partial charge >= 0.3 is 0 Å². The van der Waals surface area contributed by atoms with Crippen LogP contribution in [-0.2, 0) is 20.9 Å². The highest BCUT2D eigenvalue weighted by Gasteiger charge is 2.48. The van der Waals surface area contributed by atoms with Crippen LogP contribution in [0.15, 0.2) is 24.5 Å². The van der Waals surface area contributed by atoms with E-state index in [4.69, 9.17) is 9.47 Å².